The molecule has 1 unspecified atom stereocenters. The molecule has 4 rings (SSSR count). The fourth-order valence-corrected chi connectivity index (χ4v) is 5.60. The lowest BCUT2D eigenvalue weighted by molar-refractivity contribution is -0.122. The minimum absolute atomic E-state index is 0.0583. The van der Waals surface area contributed by atoms with Gasteiger partial charge in [-0.1, -0.05) is 42.5 Å². The highest BCUT2D eigenvalue weighted by molar-refractivity contribution is 7.98. The van der Waals surface area contributed by atoms with Crippen LogP contribution in [0.15, 0.2) is 77.7 Å². The molecule has 0 radical (unpaired) electrons. The van der Waals surface area contributed by atoms with Gasteiger partial charge in [-0.15, -0.1) is 11.8 Å². The number of rotatable bonds is 7. The molecule has 0 saturated heterocycles. The molecule has 0 bridgehead atoms. The standard InChI is InChI=1S/C25H26N2O4S2/c1-3-33(29,30)27-16-24(31-23-12-8-7-11-22(23)27)25(28)26-21-14-13-19(15-18(21)2)17-32-20-9-5-4-6-10-20/h4-15,24H,3,16-17H2,1-2H3,(H,26,28). The van der Waals surface area contributed by atoms with E-state index in [4.69, 9.17) is 4.74 Å². The Morgan fingerprint density at radius 1 is 1.09 bits per heavy atom. The Balaban J connectivity index is 1.46. The van der Waals surface area contributed by atoms with Gasteiger partial charge in [0.05, 0.1) is 18.0 Å². The van der Waals surface area contributed by atoms with Crippen molar-refractivity contribution in [2.24, 2.45) is 0 Å². The van der Waals surface area contributed by atoms with Crippen LogP contribution in [0, 0.1) is 6.92 Å². The lowest BCUT2D eigenvalue weighted by Gasteiger charge is -2.34. The Morgan fingerprint density at radius 3 is 2.55 bits per heavy atom. The third-order valence-corrected chi connectivity index (χ3v) is 8.26. The number of ether oxygens (including phenoxy) is 1. The second-order valence-corrected chi connectivity index (χ2v) is 11.0. The van der Waals surface area contributed by atoms with Crippen LogP contribution < -0.4 is 14.4 Å². The molecule has 172 valence electrons. The van der Waals surface area contributed by atoms with Crippen LogP contribution in [0.4, 0.5) is 11.4 Å². The maximum Gasteiger partial charge on any atom is 0.267 e. The van der Waals surface area contributed by atoms with Crippen molar-refractivity contribution >= 4 is 39.1 Å². The summed E-state index contributed by atoms with van der Waals surface area (Å²) in [5.41, 5.74) is 3.23. The van der Waals surface area contributed by atoms with E-state index in [0.29, 0.717) is 17.1 Å². The largest absolute Gasteiger partial charge is 0.476 e. The molecule has 8 heteroatoms. The van der Waals surface area contributed by atoms with Crippen molar-refractivity contribution in [2.45, 2.75) is 30.6 Å². The zero-order valence-corrected chi connectivity index (χ0v) is 20.2. The Hall–Kier alpha value is -2.97. The second kappa shape index (κ2) is 9.89. The second-order valence-electron chi connectivity index (χ2n) is 7.75. The van der Waals surface area contributed by atoms with E-state index in [1.54, 1.807) is 43.0 Å². The third-order valence-electron chi connectivity index (χ3n) is 5.43. The zero-order chi connectivity index (χ0) is 23.4. The topological polar surface area (TPSA) is 75.7 Å². The monoisotopic (exact) mass is 482 g/mol. The summed E-state index contributed by atoms with van der Waals surface area (Å²) in [6.45, 7) is 3.46. The Kier molecular flexibility index (Phi) is 6.95. The molecule has 0 aromatic heterocycles. The van der Waals surface area contributed by atoms with Gasteiger partial charge in [0.15, 0.2) is 6.10 Å². The molecule has 3 aromatic carbocycles. The Morgan fingerprint density at radius 2 is 1.82 bits per heavy atom. The highest BCUT2D eigenvalue weighted by Gasteiger charge is 2.36. The molecular formula is C25H26N2O4S2. The van der Waals surface area contributed by atoms with E-state index in [-0.39, 0.29) is 18.2 Å². The van der Waals surface area contributed by atoms with Gasteiger partial charge in [-0.3, -0.25) is 9.10 Å². The van der Waals surface area contributed by atoms with Crippen molar-refractivity contribution in [1.29, 1.82) is 0 Å². The predicted molar refractivity (Wildman–Crippen MR) is 133 cm³/mol. The minimum Gasteiger partial charge on any atom is -0.476 e. The molecule has 6 nitrogen and oxygen atoms in total. The zero-order valence-electron chi connectivity index (χ0n) is 18.5. The number of para-hydroxylation sites is 2. The number of anilines is 2. The summed E-state index contributed by atoms with van der Waals surface area (Å²) >= 11 is 1.75. The maximum atomic E-state index is 13.0. The minimum atomic E-state index is -3.55. The van der Waals surface area contributed by atoms with E-state index in [2.05, 4.69) is 23.5 Å². The number of nitrogens with zero attached hydrogens (tertiary/aromatic N) is 1. The van der Waals surface area contributed by atoms with Gasteiger partial charge in [0.25, 0.3) is 5.91 Å². The summed E-state index contributed by atoms with van der Waals surface area (Å²) in [5.74, 6) is 0.768. The average molecular weight is 483 g/mol. The van der Waals surface area contributed by atoms with Gasteiger partial charge in [0.2, 0.25) is 10.0 Å². The lowest BCUT2D eigenvalue weighted by Crippen LogP contribution is -2.49. The SMILES string of the molecule is CCS(=O)(=O)N1CC(C(=O)Nc2ccc(CSc3ccccc3)cc2C)Oc2ccccc21. The molecule has 1 heterocycles. The molecule has 1 amide bonds. The number of fused-ring (bicyclic) bond motifs is 1. The molecular weight excluding hydrogens is 456 g/mol. The van der Waals surface area contributed by atoms with Crippen molar-refractivity contribution in [3.05, 3.63) is 83.9 Å². The van der Waals surface area contributed by atoms with Crippen molar-refractivity contribution in [3.8, 4) is 5.75 Å². The van der Waals surface area contributed by atoms with E-state index in [1.165, 1.54) is 9.20 Å². The van der Waals surface area contributed by atoms with Gasteiger partial charge in [0.1, 0.15) is 5.75 Å². The summed E-state index contributed by atoms with van der Waals surface area (Å²) in [6, 6.07) is 23.0. The van der Waals surface area contributed by atoms with Gasteiger partial charge in [-0.25, -0.2) is 8.42 Å². The number of nitrogens with one attached hydrogen (secondary N) is 1. The molecule has 0 spiro atoms. The number of hydrogen-bond donors (Lipinski definition) is 1. The molecule has 0 aliphatic carbocycles. The molecule has 0 fully saturated rings. The Labute approximate surface area is 199 Å². The summed E-state index contributed by atoms with van der Waals surface area (Å²) in [6.07, 6.45) is -0.950. The maximum absolute atomic E-state index is 13.0. The smallest absolute Gasteiger partial charge is 0.267 e. The fraction of sp³-hybridized carbons (Fsp3) is 0.240. The third kappa shape index (κ3) is 5.34. The van der Waals surface area contributed by atoms with Gasteiger partial charge in [-0.2, -0.15) is 0 Å². The van der Waals surface area contributed by atoms with Crippen molar-refractivity contribution in [3.63, 3.8) is 0 Å². The van der Waals surface area contributed by atoms with E-state index >= 15 is 0 Å². The summed E-state index contributed by atoms with van der Waals surface area (Å²) < 4.78 is 32.4. The van der Waals surface area contributed by atoms with Gasteiger partial charge in [0, 0.05) is 16.3 Å². The van der Waals surface area contributed by atoms with Crippen LogP contribution in [-0.2, 0) is 20.6 Å². The molecule has 1 N–H and O–H groups in total. The van der Waals surface area contributed by atoms with E-state index in [1.807, 2.05) is 37.3 Å². The number of hydrogen-bond acceptors (Lipinski definition) is 5. The summed E-state index contributed by atoms with van der Waals surface area (Å²) in [5, 5.41) is 2.91. The number of carbonyl (C=O) groups is 1. The van der Waals surface area contributed by atoms with Crippen LogP contribution in [0.3, 0.4) is 0 Å². The first-order chi connectivity index (χ1) is 15.9. The van der Waals surface area contributed by atoms with Crippen molar-refractivity contribution < 1.29 is 17.9 Å². The number of benzene rings is 3. The number of aryl methyl sites for hydroxylation is 1. The van der Waals surface area contributed by atoms with Gasteiger partial charge >= 0.3 is 0 Å². The first-order valence-electron chi connectivity index (χ1n) is 10.7. The van der Waals surface area contributed by atoms with Crippen LogP contribution in [0.25, 0.3) is 0 Å². The van der Waals surface area contributed by atoms with Crippen LogP contribution in [-0.4, -0.2) is 32.7 Å². The molecule has 3 aromatic rings. The predicted octanol–water partition coefficient (Wildman–Crippen LogP) is 4.84. The van der Waals surface area contributed by atoms with Gasteiger partial charge < -0.3 is 10.1 Å². The molecule has 1 aliphatic heterocycles. The van der Waals surface area contributed by atoms with E-state index in [9.17, 15) is 13.2 Å². The van der Waals surface area contributed by atoms with Crippen LogP contribution in [0.1, 0.15) is 18.1 Å². The van der Waals surface area contributed by atoms with Crippen LogP contribution in [0.2, 0.25) is 0 Å². The molecule has 1 aliphatic rings. The number of amides is 1. The lowest BCUT2D eigenvalue weighted by atomic mass is 10.1. The van der Waals surface area contributed by atoms with Crippen molar-refractivity contribution in [1.82, 2.24) is 0 Å². The first-order valence-corrected chi connectivity index (χ1v) is 13.3. The average Bonchev–Trinajstić information content (AvgIpc) is 2.84. The first kappa shape index (κ1) is 23.2. The van der Waals surface area contributed by atoms with Gasteiger partial charge in [-0.05, 0) is 55.3 Å². The number of carbonyl (C=O) groups excluding carboxylic acids is 1. The highest BCUT2D eigenvalue weighted by Crippen LogP contribution is 2.35. The van der Waals surface area contributed by atoms with E-state index in [0.717, 1.165) is 16.9 Å². The fourth-order valence-electron chi connectivity index (χ4n) is 3.61. The number of sulfonamides is 1. The molecule has 33 heavy (non-hydrogen) atoms. The Bertz CT molecular complexity index is 1250. The summed E-state index contributed by atoms with van der Waals surface area (Å²) in [7, 11) is -3.55. The highest BCUT2D eigenvalue weighted by atomic mass is 32.2. The molecule has 1 atom stereocenters. The van der Waals surface area contributed by atoms with Crippen LogP contribution >= 0.6 is 11.8 Å². The van der Waals surface area contributed by atoms with Crippen molar-refractivity contribution in [2.75, 3.05) is 21.9 Å². The molecule has 0 saturated carbocycles. The normalized spacial score (nSPS) is 15.5. The van der Waals surface area contributed by atoms with Crippen LogP contribution in [0.5, 0.6) is 5.75 Å². The van der Waals surface area contributed by atoms with E-state index < -0.39 is 16.1 Å². The number of thioether (sulfide) groups is 1. The summed E-state index contributed by atoms with van der Waals surface area (Å²) in [4.78, 5) is 14.2. The quantitative estimate of drug-likeness (QED) is 0.488.